The molecule has 1 heterocycles. The van der Waals surface area contributed by atoms with Gasteiger partial charge in [0, 0.05) is 17.7 Å². The normalized spacial score (nSPS) is 14.3. The summed E-state index contributed by atoms with van der Waals surface area (Å²) in [7, 11) is 0. The summed E-state index contributed by atoms with van der Waals surface area (Å²) in [5, 5.41) is 0. The van der Waals surface area contributed by atoms with Gasteiger partial charge in [0.25, 0.3) is 0 Å². The summed E-state index contributed by atoms with van der Waals surface area (Å²) >= 11 is 0. The Morgan fingerprint density at radius 3 is 1.69 bits per heavy atom. The molecule has 0 amide bonds. The maximum absolute atomic E-state index is 4.56. The van der Waals surface area contributed by atoms with Crippen LogP contribution in [-0.2, 0) is 0 Å². The van der Waals surface area contributed by atoms with E-state index in [4.69, 9.17) is 0 Å². The van der Waals surface area contributed by atoms with Gasteiger partial charge in [-0.2, -0.15) is 0 Å². The molecule has 1 aromatic heterocycles. The molecule has 0 spiro atoms. The summed E-state index contributed by atoms with van der Waals surface area (Å²) in [5.41, 5.74) is 13.8. The molecule has 0 bridgehead atoms. The molecule has 0 radical (unpaired) electrons. The third-order valence-corrected chi connectivity index (χ3v) is 7.65. The van der Waals surface area contributed by atoms with Gasteiger partial charge >= 0.3 is 0 Å². The van der Waals surface area contributed by atoms with Crippen molar-refractivity contribution in [1.82, 2.24) is 4.98 Å². The van der Waals surface area contributed by atoms with Crippen LogP contribution in [0.4, 0.5) is 0 Å². The van der Waals surface area contributed by atoms with E-state index >= 15 is 0 Å². The van der Waals surface area contributed by atoms with Crippen LogP contribution in [0.1, 0.15) is 33.7 Å². The minimum Gasteiger partial charge on any atom is -0.256 e. The predicted molar refractivity (Wildman–Crippen MR) is 162 cm³/mol. The van der Waals surface area contributed by atoms with E-state index in [1.807, 2.05) is 18.3 Å². The zero-order chi connectivity index (χ0) is 26.0. The Morgan fingerprint density at radius 1 is 0.436 bits per heavy atom. The van der Waals surface area contributed by atoms with E-state index in [-0.39, 0.29) is 5.92 Å². The SMILES string of the molecule is c1ccc(C2=C(c3ccccc3)C(c3ccc(-c4ccccn4)cc3)c3cccc(-c4ccccc4)c32)cc1. The third-order valence-electron chi connectivity index (χ3n) is 7.65. The zero-order valence-corrected chi connectivity index (χ0v) is 21.5. The lowest BCUT2D eigenvalue weighted by Gasteiger charge is -2.19. The monoisotopic (exact) mass is 497 g/mol. The second-order valence-corrected chi connectivity index (χ2v) is 9.93. The molecule has 1 atom stereocenters. The minimum atomic E-state index is 0.110. The summed E-state index contributed by atoms with van der Waals surface area (Å²) in [5.74, 6) is 0.110. The first-order chi connectivity index (χ1) is 19.4. The van der Waals surface area contributed by atoms with Gasteiger partial charge in [-0.05, 0) is 62.2 Å². The highest BCUT2D eigenvalue weighted by Crippen LogP contribution is 2.54. The molecule has 0 aliphatic heterocycles. The quantitative estimate of drug-likeness (QED) is 0.231. The van der Waals surface area contributed by atoms with E-state index in [2.05, 4.69) is 145 Å². The van der Waals surface area contributed by atoms with Crippen LogP contribution in [0.25, 0.3) is 33.5 Å². The highest BCUT2D eigenvalue weighted by Gasteiger charge is 2.35. The number of aromatic nitrogens is 1. The number of rotatable bonds is 5. The van der Waals surface area contributed by atoms with Crippen molar-refractivity contribution in [3.05, 3.63) is 186 Å². The molecule has 6 aromatic rings. The molecule has 184 valence electrons. The van der Waals surface area contributed by atoms with Crippen LogP contribution in [0.5, 0.6) is 0 Å². The topological polar surface area (TPSA) is 12.9 Å². The van der Waals surface area contributed by atoms with Crippen molar-refractivity contribution in [2.24, 2.45) is 0 Å². The average molecular weight is 498 g/mol. The van der Waals surface area contributed by atoms with Crippen molar-refractivity contribution in [2.75, 3.05) is 0 Å². The largest absolute Gasteiger partial charge is 0.256 e. The number of hydrogen-bond acceptors (Lipinski definition) is 1. The fourth-order valence-corrected chi connectivity index (χ4v) is 5.94. The fraction of sp³-hybridized carbons (Fsp3) is 0.0263. The van der Waals surface area contributed by atoms with Crippen molar-refractivity contribution in [3.63, 3.8) is 0 Å². The van der Waals surface area contributed by atoms with Crippen molar-refractivity contribution in [3.8, 4) is 22.4 Å². The minimum absolute atomic E-state index is 0.110. The van der Waals surface area contributed by atoms with E-state index < -0.39 is 0 Å². The van der Waals surface area contributed by atoms with Crippen LogP contribution >= 0.6 is 0 Å². The summed E-state index contributed by atoms with van der Waals surface area (Å²) in [6, 6.07) is 54.4. The molecule has 39 heavy (non-hydrogen) atoms. The van der Waals surface area contributed by atoms with E-state index in [0.717, 1.165) is 11.3 Å². The molecule has 7 rings (SSSR count). The molecular weight excluding hydrogens is 470 g/mol. The van der Waals surface area contributed by atoms with E-state index in [0.29, 0.717) is 0 Å². The van der Waals surface area contributed by atoms with Crippen molar-refractivity contribution < 1.29 is 0 Å². The maximum atomic E-state index is 4.56. The lowest BCUT2D eigenvalue weighted by Crippen LogP contribution is -2.02. The first kappa shape index (κ1) is 23.1. The smallest absolute Gasteiger partial charge is 0.0701 e. The first-order valence-corrected chi connectivity index (χ1v) is 13.4. The number of allylic oxidation sites excluding steroid dienone is 1. The number of nitrogens with zero attached hydrogens (tertiary/aromatic N) is 1. The highest BCUT2D eigenvalue weighted by molar-refractivity contribution is 6.10. The molecule has 1 aliphatic rings. The molecule has 1 aliphatic carbocycles. The van der Waals surface area contributed by atoms with Crippen molar-refractivity contribution >= 4 is 11.1 Å². The molecule has 1 unspecified atom stereocenters. The molecule has 0 fully saturated rings. The van der Waals surface area contributed by atoms with Crippen LogP contribution in [0, 0.1) is 0 Å². The number of fused-ring (bicyclic) bond motifs is 1. The maximum Gasteiger partial charge on any atom is 0.0701 e. The Bertz CT molecular complexity index is 1750. The first-order valence-electron chi connectivity index (χ1n) is 13.4. The van der Waals surface area contributed by atoms with Gasteiger partial charge in [0.15, 0.2) is 0 Å². The van der Waals surface area contributed by atoms with E-state index in [1.54, 1.807) is 0 Å². The molecule has 0 N–H and O–H groups in total. The zero-order valence-electron chi connectivity index (χ0n) is 21.5. The molecule has 1 heteroatoms. The number of pyridine rings is 1. The summed E-state index contributed by atoms with van der Waals surface area (Å²) in [6.07, 6.45) is 1.85. The van der Waals surface area contributed by atoms with Gasteiger partial charge in [-0.1, -0.05) is 140 Å². The van der Waals surface area contributed by atoms with Crippen LogP contribution < -0.4 is 0 Å². The Morgan fingerprint density at radius 2 is 1.05 bits per heavy atom. The lowest BCUT2D eigenvalue weighted by molar-refractivity contribution is 1.07. The number of benzene rings is 5. The predicted octanol–water partition coefficient (Wildman–Crippen LogP) is 9.52. The summed E-state index contributed by atoms with van der Waals surface area (Å²) < 4.78 is 0. The Balaban J connectivity index is 1.51. The van der Waals surface area contributed by atoms with Gasteiger partial charge in [-0.25, -0.2) is 0 Å². The lowest BCUT2D eigenvalue weighted by atomic mass is 9.84. The molecule has 1 nitrogen and oxygen atoms in total. The van der Waals surface area contributed by atoms with Crippen LogP contribution in [0.2, 0.25) is 0 Å². The Kier molecular flexibility index (Phi) is 5.95. The Hall–Kier alpha value is -5.01. The molecule has 5 aromatic carbocycles. The van der Waals surface area contributed by atoms with Crippen molar-refractivity contribution in [1.29, 1.82) is 0 Å². The van der Waals surface area contributed by atoms with E-state index in [9.17, 15) is 0 Å². The summed E-state index contributed by atoms with van der Waals surface area (Å²) in [4.78, 5) is 4.56. The Labute approximate surface area is 229 Å². The standard InChI is InChI=1S/C38H27N/c1-4-13-27(14-5-1)32-19-12-20-33-35(31-24-22-28(23-25-31)34-21-10-11-26-39-34)36(29-15-6-2-7-16-29)37(38(32)33)30-17-8-3-9-18-30/h1-26,35H. The molecule has 0 saturated heterocycles. The van der Waals surface area contributed by atoms with Gasteiger partial charge in [-0.3, -0.25) is 4.98 Å². The summed E-state index contributed by atoms with van der Waals surface area (Å²) in [6.45, 7) is 0. The van der Waals surface area contributed by atoms with Gasteiger partial charge in [0.1, 0.15) is 0 Å². The number of hydrogen-bond donors (Lipinski definition) is 0. The second-order valence-electron chi connectivity index (χ2n) is 9.93. The second kappa shape index (κ2) is 10.0. The molecule has 0 saturated carbocycles. The van der Waals surface area contributed by atoms with Gasteiger partial charge in [-0.15, -0.1) is 0 Å². The van der Waals surface area contributed by atoms with Crippen LogP contribution in [-0.4, -0.2) is 4.98 Å². The van der Waals surface area contributed by atoms with Crippen LogP contribution in [0.3, 0.4) is 0 Å². The van der Waals surface area contributed by atoms with E-state index in [1.165, 1.54) is 50.1 Å². The van der Waals surface area contributed by atoms with Crippen molar-refractivity contribution in [2.45, 2.75) is 5.92 Å². The highest BCUT2D eigenvalue weighted by atomic mass is 14.7. The van der Waals surface area contributed by atoms with Gasteiger partial charge < -0.3 is 0 Å². The third kappa shape index (κ3) is 4.19. The van der Waals surface area contributed by atoms with Gasteiger partial charge in [0.2, 0.25) is 0 Å². The average Bonchev–Trinajstić information content (AvgIpc) is 3.38. The van der Waals surface area contributed by atoms with Crippen LogP contribution in [0.15, 0.2) is 158 Å². The fourth-order valence-electron chi connectivity index (χ4n) is 5.94. The molecular formula is C38H27N. The van der Waals surface area contributed by atoms with Gasteiger partial charge in [0.05, 0.1) is 5.69 Å².